The van der Waals surface area contributed by atoms with E-state index in [-0.39, 0.29) is 12.4 Å². The number of rotatable bonds is 3. The maximum atomic E-state index is 5.37. The van der Waals surface area contributed by atoms with Gasteiger partial charge < -0.3 is 5.73 Å². The molecule has 0 fully saturated rings. The predicted molar refractivity (Wildman–Crippen MR) is 51.4 cm³/mol. The first-order valence-electron chi connectivity index (χ1n) is 3.87. The highest BCUT2D eigenvalue weighted by molar-refractivity contribution is 5.85. The first-order chi connectivity index (χ1) is 5.36. The lowest BCUT2D eigenvalue weighted by atomic mass is 10.3. The lowest BCUT2D eigenvalue weighted by molar-refractivity contribution is 0.840. The summed E-state index contributed by atoms with van der Waals surface area (Å²) >= 11 is 0. The first kappa shape index (κ1) is 11.3. The van der Waals surface area contributed by atoms with E-state index in [4.69, 9.17) is 5.73 Å². The molecule has 0 unspecified atom stereocenters. The van der Waals surface area contributed by atoms with Crippen molar-refractivity contribution in [3.63, 3.8) is 0 Å². The summed E-state index contributed by atoms with van der Waals surface area (Å²) in [6, 6.07) is 1.93. The maximum Gasteiger partial charge on any atom is 0.129 e. The van der Waals surface area contributed by atoms with Gasteiger partial charge >= 0.3 is 0 Å². The molecule has 0 saturated carbocycles. The van der Waals surface area contributed by atoms with Crippen molar-refractivity contribution >= 4 is 12.4 Å². The molecule has 0 aliphatic heterocycles. The Morgan fingerprint density at radius 2 is 2.25 bits per heavy atom. The fourth-order valence-corrected chi connectivity index (χ4v) is 0.888. The van der Waals surface area contributed by atoms with E-state index in [1.807, 2.05) is 6.07 Å². The number of nitrogens with zero attached hydrogens (tertiary/aromatic N) is 2. The van der Waals surface area contributed by atoms with Crippen LogP contribution >= 0.6 is 12.4 Å². The van der Waals surface area contributed by atoms with E-state index in [9.17, 15) is 0 Å². The molecule has 68 valence electrons. The molecule has 0 spiro atoms. The van der Waals surface area contributed by atoms with E-state index < -0.39 is 0 Å². The highest BCUT2D eigenvalue weighted by Gasteiger charge is 1.94. The van der Waals surface area contributed by atoms with Crippen LogP contribution in [0.2, 0.25) is 0 Å². The van der Waals surface area contributed by atoms with Gasteiger partial charge in [-0.25, -0.2) is 9.97 Å². The monoisotopic (exact) mass is 187 g/mol. The molecule has 0 aliphatic rings. The van der Waals surface area contributed by atoms with Crippen LogP contribution in [0.15, 0.2) is 12.3 Å². The third-order valence-corrected chi connectivity index (χ3v) is 1.49. The summed E-state index contributed by atoms with van der Waals surface area (Å²) in [6.45, 7) is 2.70. The normalized spacial score (nSPS) is 9.17. The summed E-state index contributed by atoms with van der Waals surface area (Å²) < 4.78 is 0. The minimum atomic E-state index is 0. The van der Waals surface area contributed by atoms with Crippen molar-refractivity contribution in [2.45, 2.75) is 19.8 Å². The molecule has 0 amide bonds. The molecule has 1 aromatic heterocycles. The zero-order chi connectivity index (χ0) is 8.10. The van der Waals surface area contributed by atoms with E-state index in [0.29, 0.717) is 6.54 Å². The summed E-state index contributed by atoms with van der Waals surface area (Å²) in [7, 11) is 0. The lowest BCUT2D eigenvalue weighted by Crippen LogP contribution is -2.07. The van der Waals surface area contributed by atoms with Crippen molar-refractivity contribution in [1.29, 1.82) is 0 Å². The summed E-state index contributed by atoms with van der Waals surface area (Å²) in [5, 5.41) is 0. The minimum absolute atomic E-state index is 0. The van der Waals surface area contributed by atoms with Crippen molar-refractivity contribution < 1.29 is 0 Å². The average Bonchev–Trinajstić information content (AvgIpc) is 2.06. The van der Waals surface area contributed by atoms with E-state index in [0.717, 1.165) is 24.4 Å². The second-order valence-electron chi connectivity index (χ2n) is 2.36. The van der Waals surface area contributed by atoms with Crippen LogP contribution in [0, 0.1) is 0 Å². The van der Waals surface area contributed by atoms with Crippen LogP contribution in [0.25, 0.3) is 0 Å². The fraction of sp³-hybridized carbons (Fsp3) is 0.500. The Bertz CT molecular complexity index is 227. The number of halogens is 1. The van der Waals surface area contributed by atoms with Gasteiger partial charge in [-0.15, -0.1) is 12.4 Å². The third kappa shape index (κ3) is 3.15. The average molecular weight is 188 g/mol. The van der Waals surface area contributed by atoms with Crippen LogP contribution in [0.4, 0.5) is 0 Å². The molecule has 0 radical (unpaired) electrons. The SMILES string of the molecule is CCc1ccnc(CCN)n1.Cl. The second kappa shape index (κ2) is 5.91. The molecular weight excluding hydrogens is 174 g/mol. The van der Waals surface area contributed by atoms with E-state index in [1.54, 1.807) is 6.20 Å². The van der Waals surface area contributed by atoms with Crippen LogP contribution in [0.1, 0.15) is 18.4 Å². The summed E-state index contributed by atoms with van der Waals surface area (Å²) in [4.78, 5) is 8.38. The van der Waals surface area contributed by atoms with Gasteiger partial charge in [0.2, 0.25) is 0 Å². The molecule has 0 bridgehead atoms. The Hall–Kier alpha value is -0.670. The molecule has 0 atom stereocenters. The Morgan fingerprint density at radius 3 is 2.83 bits per heavy atom. The number of hydrogen-bond acceptors (Lipinski definition) is 3. The van der Waals surface area contributed by atoms with Gasteiger partial charge in [-0.3, -0.25) is 0 Å². The number of aryl methyl sites for hydroxylation is 1. The maximum absolute atomic E-state index is 5.37. The van der Waals surface area contributed by atoms with Crippen LogP contribution in [-0.4, -0.2) is 16.5 Å². The smallest absolute Gasteiger partial charge is 0.129 e. The van der Waals surface area contributed by atoms with Crippen LogP contribution < -0.4 is 5.73 Å². The van der Waals surface area contributed by atoms with Gasteiger partial charge in [0.15, 0.2) is 0 Å². The summed E-state index contributed by atoms with van der Waals surface area (Å²) in [5.74, 6) is 0.854. The van der Waals surface area contributed by atoms with Gasteiger partial charge in [0.25, 0.3) is 0 Å². The summed E-state index contributed by atoms with van der Waals surface area (Å²) in [6.07, 6.45) is 3.52. The van der Waals surface area contributed by atoms with Crippen LogP contribution in [-0.2, 0) is 12.8 Å². The molecule has 1 aromatic rings. The number of aromatic nitrogens is 2. The largest absolute Gasteiger partial charge is 0.330 e. The Labute approximate surface area is 78.8 Å². The quantitative estimate of drug-likeness (QED) is 0.767. The molecule has 0 aromatic carbocycles. The van der Waals surface area contributed by atoms with E-state index in [1.165, 1.54) is 0 Å². The van der Waals surface area contributed by atoms with Crippen molar-refractivity contribution in [1.82, 2.24) is 9.97 Å². The van der Waals surface area contributed by atoms with Gasteiger partial charge in [-0.2, -0.15) is 0 Å². The van der Waals surface area contributed by atoms with E-state index >= 15 is 0 Å². The van der Waals surface area contributed by atoms with E-state index in [2.05, 4.69) is 16.9 Å². The van der Waals surface area contributed by atoms with Crippen molar-refractivity contribution in [2.24, 2.45) is 5.73 Å². The molecule has 12 heavy (non-hydrogen) atoms. The molecular formula is C8H14ClN3. The van der Waals surface area contributed by atoms with Crippen molar-refractivity contribution in [3.8, 4) is 0 Å². The molecule has 2 N–H and O–H groups in total. The highest BCUT2D eigenvalue weighted by Crippen LogP contribution is 1.95. The Morgan fingerprint density at radius 1 is 1.50 bits per heavy atom. The summed E-state index contributed by atoms with van der Waals surface area (Å²) in [5.41, 5.74) is 6.46. The topological polar surface area (TPSA) is 51.8 Å². The zero-order valence-corrected chi connectivity index (χ0v) is 7.97. The van der Waals surface area contributed by atoms with Gasteiger partial charge in [-0.1, -0.05) is 6.92 Å². The fourth-order valence-electron chi connectivity index (χ4n) is 0.888. The standard InChI is InChI=1S/C8H13N3.ClH/c1-2-7-4-6-10-8(11-7)3-5-9;/h4,6H,2-3,5,9H2,1H3;1H. The first-order valence-corrected chi connectivity index (χ1v) is 3.87. The second-order valence-corrected chi connectivity index (χ2v) is 2.36. The molecule has 0 saturated heterocycles. The third-order valence-electron chi connectivity index (χ3n) is 1.49. The lowest BCUT2D eigenvalue weighted by Gasteiger charge is -1.98. The molecule has 1 heterocycles. The van der Waals surface area contributed by atoms with Crippen molar-refractivity contribution in [3.05, 3.63) is 23.8 Å². The van der Waals surface area contributed by atoms with Crippen LogP contribution in [0.5, 0.6) is 0 Å². The molecule has 4 heteroatoms. The molecule has 0 aliphatic carbocycles. The van der Waals surface area contributed by atoms with Gasteiger partial charge in [0, 0.05) is 18.3 Å². The van der Waals surface area contributed by atoms with Gasteiger partial charge in [-0.05, 0) is 19.0 Å². The van der Waals surface area contributed by atoms with Crippen LogP contribution in [0.3, 0.4) is 0 Å². The number of hydrogen-bond donors (Lipinski definition) is 1. The Kier molecular flexibility index (Phi) is 5.58. The number of nitrogens with two attached hydrogens (primary N) is 1. The van der Waals surface area contributed by atoms with Gasteiger partial charge in [0.1, 0.15) is 5.82 Å². The molecule has 3 nitrogen and oxygen atoms in total. The van der Waals surface area contributed by atoms with Crippen molar-refractivity contribution in [2.75, 3.05) is 6.54 Å². The zero-order valence-electron chi connectivity index (χ0n) is 7.16. The van der Waals surface area contributed by atoms with Gasteiger partial charge in [0.05, 0.1) is 0 Å². The predicted octanol–water partition coefficient (Wildman–Crippen LogP) is 0.962. The molecule has 1 rings (SSSR count). The minimum Gasteiger partial charge on any atom is -0.330 e. The highest BCUT2D eigenvalue weighted by atomic mass is 35.5. The Balaban J connectivity index is 0.00000121.